The Bertz CT molecular complexity index is 2560. The Morgan fingerprint density at radius 1 is 0.362 bits per heavy atom. The molecule has 9 rings (SSSR count). The Morgan fingerprint density at radius 2 is 0.936 bits per heavy atom. The average Bonchev–Trinajstić information content (AvgIpc) is 3.54. The van der Waals surface area contributed by atoms with E-state index in [1.165, 1.54) is 47.8 Å². The van der Waals surface area contributed by atoms with E-state index in [4.69, 9.17) is 9.97 Å². The van der Waals surface area contributed by atoms with Crippen molar-refractivity contribution in [2.75, 3.05) is 0 Å². The van der Waals surface area contributed by atoms with Gasteiger partial charge in [-0.05, 0) is 51.2 Å². The van der Waals surface area contributed by atoms with E-state index in [2.05, 4.69) is 164 Å². The van der Waals surface area contributed by atoms with Crippen molar-refractivity contribution in [2.24, 2.45) is 0 Å². The van der Waals surface area contributed by atoms with Crippen LogP contribution in [-0.2, 0) is 0 Å². The summed E-state index contributed by atoms with van der Waals surface area (Å²) in [6.45, 7) is 0. The number of nitrogens with zero attached hydrogens (tertiary/aromatic N) is 2. The van der Waals surface area contributed by atoms with Gasteiger partial charge in [0, 0.05) is 36.9 Å². The number of benzene rings is 7. The summed E-state index contributed by atoms with van der Waals surface area (Å²) < 4.78 is 2.62. The van der Waals surface area contributed by atoms with Crippen LogP contribution in [0.2, 0.25) is 0 Å². The molecule has 3 heteroatoms. The molecule has 220 valence electrons. The first-order valence-corrected chi connectivity index (χ1v) is 16.6. The molecule has 2 nitrogen and oxygen atoms in total. The summed E-state index contributed by atoms with van der Waals surface area (Å²) in [6.07, 6.45) is 0. The molecule has 7 aromatic carbocycles. The van der Waals surface area contributed by atoms with Crippen LogP contribution in [0.25, 0.3) is 87.1 Å². The Labute approximate surface area is 277 Å². The van der Waals surface area contributed by atoms with E-state index in [0.29, 0.717) is 0 Å². The number of fused-ring (bicyclic) bond motifs is 4. The van der Waals surface area contributed by atoms with Gasteiger partial charge in [0.05, 0.1) is 11.4 Å². The van der Waals surface area contributed by atoms with E-state index in [1.807, 2.05) is 17.4 Å². The molecular formula is C44H28N2S. The first kappa shape index (κ1) is 27.4. The maximum absolute atomic E-state index is 5.24. The molecule has 9 aromatic rings. The summed E-state index contributed by atoms with van der Waals surface area (Å²) in [5.74, 6) is 0.721. The van der Waals surface area contributed by atoms with Crippen molar-refractivity contribution in [1.29, 1.82) is 0 Å². The highest BCUT2D eigenvalue weighted by Gasteiger charge is 2.15. The van der Waals surface area contributed by atoms with E-state index < -0.39 is 0 Å². The monoisotopic (exact) mass is 616 g/mol. The Balaban J connectivity index is 1.21. The van der Waals surface area contributed by atoms with Crippen LogP contribution in [0.1, 0.15) is 0 Å². The zero-order valence-corrected chi connectivity index (χ0v) is 26.3. The van der Waals surface area contributed by atoms with Gasteiger partial charge in [0.15, 0.2) is 5.82 Å². The molecule has 0 unspecified atom stereocenters. The first-order chi connectivity index (χ1) is 23.3. The predicted molar refractivity (Wildman–Crippen MR) is 200 cm³/mol. The predicted octanol–water partition coefficient (Wildman–Crippen LogP) is 12.3. The summed E-state index contributed by atoms with van der Waals surface area (Å²) in [7, 11) is 0. The summed E-state index contributed by atoms with van der Waals surface area (Å²) in [5.41, 5.74) is 9.74. The van der Waals surface area contributed by atoms with Crippen molar-refractivity contribution in [3.05, 3.63) is 170 Å². The molecule has 0 radical (unpaired) electrons. The summed E-state index contributed by atoms with van der Waals surface area (Å²) in [6, 6.07) is 60.2. The molecular weight excluding hydrogens is 589 g/mol. The summed E-state index contributed by atoms with van der Waals surface area (Å²) >= 11 is 1.86. The minimum atomic E-state index is 0.721. The molecule has 0 aliphatic heterocycles. The van der Waals surface area contributed by atoms with Crippen molar-refractivity contribution in [2.45, 2.75) is 0 Å². The van der Waals surface area contributed by atoms with Crippen LogP contribution in [0.4, 0.5) is 0 Å². The van der Waals surface area contributed by atoms with Crippen LogP contribution in [0.15, 0.2) is 170 Å². The van der Waals surface area contributed by atoms with Crippen LogP contribution in [0, 0.1) is 0 Å². The molecule has 0 saturated heterocycles. The van der Waals surface area contributed by atoms with Gasteiger partial charge in [-0.1, -0.05) is 152 Å². The smallest absolute Gasteiger partial charge is 0.161 e. The van der Waals surface area contributed by atoms with Crippen molar-refractivity contribution in [3.8, 4) is 56.2 Å². The SMILES string of the molecule is c1ccc(-c2ccc(-c3cc(-c4cccc(-c5cccc6c5sc5ccccc56)c4)nc(-c4cccc5ccccc45)n3)cc2)cc1. The van der Waals surface area contributed by atoms with Gasteiger partial charge in [-0.25, -0.2) is 9.97 Å². The van der Waals surface area contributed by atoms with Crippen molar-refractivity contribution < 1.29 is 0 Å². The van der Waals surface area contributed by atoms with Crippen molar-refractivity contribution >= 4 is 42.3 Å². The van der Waals surface area contributed by atoms with Gasteiger partial charge in [-0.2, -0.15) is 0 Å². The molecule has 47 heavy (non-hydrogen) atoms. The maximum Gasteiger partial charge on any atom is 0.161 e. The molecule has 0 atom stereocenters. The third kappa shape index (κ3) is 4.98. The highest BCUT2D eigenvalue weighted by molar-refractivity contribution is 7.26. The molecule has 0 bridgehead atoms. The molecule has 2 aromatic heterocycles. The average molecular weight is 617 g/mol. The number of hydrogen-bond acceptors (Lipinski definition) is 3. The van der Waals surface area contributed by atoms with Crippen molar-refractivity contribution in [3.63, 3.8) is 0 Å². The second-order valence-corrected chi connectivity index (χ2v) is 12.8. The second kappa shape index (κ2) is 11.5. The fourth-order valence-corrected chi connectivity index (χ4v) is 7.81. The van der Waals surface area contributed by atoms with Gasteiger partial charge in [0.25, 0.3) is 0 Å². The third-order valence-electron chi connectivity index (χ3n) is 8.92. The lowest BCUT2D eigenvalue weighted by atomic mass is 9.98. The highest BCUT2D eigenvalue weighted by atomic mass is 32.1. The molecule has 0 saturated carbocycles. The Morgan fingerprint density at radius 3 is 1.81 bits per heavy atom. The molecule has 2 heterocycles. The van der Waals surface area contributed by atoms with Gasteiger partial charge in [-0.3, -0.25) is 0 Å². The molecule has 0 spiro atoms. The van der Waals surface area contributed by atoms with Gasteiger partial charge < -0.3 is 0 Å². The molecule has 0 amide bonds. The number of aromatic nitrogens is 2. The summed E-state index contributed by atoms with van der Waals surface area (Å²) in [5, 5.41) is 4.92. The standard InChI is InChI=1S/C44H28N2S/c1-2-11-29(12-3-1)30-23-25-32(26-24-30)40-28-41(46-44(45-40)39-21-9-14-31-13-4-5-17-35(31)39)34-16-8-15-33(27-34)36-19-10-20-38-37-18-6-7-22-42(37)47-43(36)38/h1-28H. The largest absolute Gasteiger partial charge is 0.228 e. The second-order valence-electron chi connectivity index (χ2n) is 11.8. The minimum Gasteiger partial charge on any atom is -0.228 e. The number of rotatable bonds is 5. The number of hydrogen-bond donors (Lipinski definition) is 0. The van der Waals surface area contributed by atoms with Crippen LogP contribution in [-0.4, -0.2) is 9.97 Å². The van der Waals surface area contributed by atoms with Crippen LogP contribution < -0.4 is 0 Å². The lowest BCUT2D eigenvalue weighted by Crippen LogP contribution is -1.97. The van der Waals surface area contributed by atoms with Gasteiger partial charge in [-0.15, -0.1) is 11.3 Å². The van der Waals surface area contributed by atoms with Gasteiger partial charge in [0.1, 0.15) is 0 Å². The maximum atomic E-state index is 5.24. The highest BCUT2D eigenvalue weighted by Crippen LogP contribution is 2.41. The fraction of sp³-hybridized carbons (Fsp3) is 0. The zero-order valence-electron chi connectivity index (χ0n) is 25.5. The Kier molecular flexibility index (Phi) is 6.69. The topological polar surface area (TPSA) is 25.8 Å². The van der Waals surface area contributed by atoms with E-state index in [9.17, 15) is 0 Å². The fourth-order valence-electron chi connectivity index (χ4n) is 6.57. The molecule has 0 fully saturated rings. The summed E-state index contributed by atoms with van der Waals surface area (Å²) in [4.78, 5) is 10.4. The molecule has 0 aliphatic carbocycles. The molecule has 0 N–H and O–H groups in total. The molecule has 0 aliphatic rings. The van der Waals surface area contributed by atoms with Crippen LogP contribution in [0.5, 0.6) is 0 Å². The van der Waals surface area contributed by atoms with Crippen molar-refractivity contribution in [1.82, 2.24) is 9.97 Å². The Hall–Kier alpha value is -5.90. The van der Waals surface area contributed by atoms with E-state index in [0.717, 1.165) is 39.3 Å². The zero-order chi connectivity index (χ0) is 31.2. The lowest BCUT2D eigenvalue weighted by molar-refractivity contribution is 1.19. The van der Waals surface area contributed by atoms with Gasteiger partial charge in [0.2, 0.25) is 0 Å². The van der Waals surface area contributed by atoms with Crippen LogP contribution in [0.3, 0.4) is 0 Å². The van der Waals surface area contributed by atoms with Gasteiger partial charge >= 0.3 is 0 Å². The third-order valence-corrected chi connectivity index (χ3v) is 10.1. The quantitative estimate of drug-likeness (QED) is 0.192. The first-order valence-electron chi connectivity index (χ1n) is 15.8. The minimum absolute atomic E-state index is 0.721. The van der Waals surface area contributed by atoms with E-state index in [1.54, 1.807) is 0 Å². The lowest BCUT2D eigenvalue weighted by Gasteiger charge is -2.12. The number of thiophene rings is 1. The van der Waals surface area contributed by atoms with E-state index in [-0.39, 0.29) is 0 Å². The van der Waals surface area contributed by atoms with E-state index >= 15 is 0 Å². The normalized spacial score (nSPS) is 11.4. The van der Waals surface area contributed by atoms with Crippen LogP contribution >= 0.6 is 11.3 Å².